The van der Waals surface area contributed by atoms with Crippen LogP contribution >= 0.6 is 11.8 Å². The molecule has 1 aromatic heterocycles. The Morgan fingerprint density at radius 1 is 1.07 bits per heavy atom. The van der Waals surface area contributed by atoms with Crippen molar-refractivity contribution < 1.29 is 17.6 Å². The molecular weight excluding hydrogens is 412 g/mol. The lowest BCUT2D eigenvalue weighted by Crippen LogP contribution is -2.22. The highest BCUT2D eigenvalue weighted by Crippen LogP contribution is 2.18. The van der Waals surface area contributed by atoms with Crippen LogP contribution in [0.5, 0.6) is 0 Å². The number of rotatable bonds is 7. The lowest BCUT2D eigenvalue weighted by Gasteiger charge is -2.11. The average molecular weight is 433 g/mol. The summed E-state index contributed by atoms with van der Waals surface area (Å²) in [6.45, 7) is 0. The molecule has 2 aromatic carbocycles. The van der Waals surface area contributed by atoms with Gasteiger partial charge in [0.25, 0.3) is 5.91 Å². The fraction of sp³-hybridized carbons (Fsp3) is 0.211. The van der Waals surface area contributed by atoms with E-state index in [1.54, 1.807) is 11.8 Å². The number of carbonyl (C=O) groups is 1. The second-order valence-electron chi connectivity index (χ2n) is 6.29. The number of amides is 1. The molecule has 0 saturated heterocycles. The van der Waals surface area contributed by atoms with Gasteiger partial charge in [0.2, 0.25) is 15.9 Å². The summed E-state index contributed by atoms with van der Waals surface area (Å²) in [5.74, 6) is -0.0945. The molecule has 1 heterocycles. The van der Waals surface area contributed by atoms with Gasteiger partial charge < -0.3 is 4.42 Å². The molecular formula is C19H20N4O4S2. The van der Waals surface area contributed by atoms with E-state index >= 15 is 0 Å². The summed E-state index contributed by atoms with van der Waals surface area (Å²) in [4.78, 5) is 13.6. The summed E-state index contributed by atoms with van der Waals surface area (Å²) < 4.78 is 30.8. The molecule has 0 bridgehead atoms. The van der Waals surface area contributed by atoms with E-state index in [9.17, 15) is 13.2 Å². The summed E-state index contributed by atoms with van der Waals surface area (Å²) in [5, 5.41) is 10.3. The number of hydrogen-bond donors (Lipinski definition) is 1. The Balaban J connectivity index is 1.65. The average Bonchev–Trinajstić information content (AvgIpc) is 3.15. The fourth-order valence-electron chi connectivity index (χ4n) is 2.45. The molecule has 3 aromatic rings. The smallest absolute Gasteiger partial charge is 0.322 e. The molecule has 0 radical (unpaired) electrons. The maximum atomic E-state index is 12.3. The van der Waals surface area contributed by atoms with Crippen LogP contribution in [0.25, 0.3) is 0 Å². The molecule has 29 heavy (non-hydrogen) atoms. The van der Waals surface area contributed by atoms with Gasteiger partial charge in [0.05, 0.1) is 11.3 Å². The lowest BCUT2D eigenvalue weighted by molar-refractivity contribution is 0.102. The summed E-state index contributed by atoms with van der Waals surface area (Å²) in [6, 6.07) is 13.6. The van der Waals surface area contributed by atoms with E-state index in [0.717, 1.165) is 14.8 Å². The Morgan fingerprint density at radius 2 is 1.72 bits per heavy atom. The highest BCUT2D eigenvalue weighted by Gasteiger charge is 2.18. The predicted octanol–water partition coefficient (Wildman–Crippen LogP) is 2.88. The molecule has 0 atom stereocenters. The SMILES string of the molecule is CSc1ccc(Cc2nnc(NC(=O)c3ccc(S(=O)(=O)N(C)C)cc3)o2)cc1. The minimum Gasteiger partial charge on any atom is -0.407 e. The van der Waals surface area contributed by atoms with Crippen LogP contribution in [0.4, 0.5) is 6.01 Å². The third-order valence-electron chi connectivity index (χ3n) is 4.10. The van der Waals surface area contributed by atoms with Gasteiger partial charge in [-0.05, 0) is 48.2 Å². The summed E-state index contributed by atoms with van der Waals surface area (Å²) in [7, 11) is -0.660. The van der Waals surface area contributed by atoms with Gasteiger partial charge in [-0.15, -0.1) is 16.9 Å². The molecule has 0 fully saturated rings. The predicted molar refractivity (Wildman–Crippen MR) is 111 cm³/mol. The monoisotopic (exact) mass is 432 g/mol. The standard InChI is InChI=1S/C19H20N4O4S2/c1-23(2)29(25,26)16-10-6-14(7-11-16)18(24)20-19-22-21-17(27-19)12-13-4-8-15(28-3)9-5-13/h4-11H,12H2,1-3H3,(H,20,22,24). The van der Waals surface area contributed by atoms with Gasteiger partial charge in [0.15, 0.2) is 0 Å². The molecule has 0 spiro atoms. The minimum atomic E-state index is -3.55. The van der Waals surface area contributed by atoms with Gasteiger partial charge >= 0.3 is 6.01 Å². The Hall–Kier alpha value is -2.69. The van der Waals surface area contributed by atoms with Crippen molar-refractivity contribution in [3.63, 3.8) is 0 Å². The topological polar surface area (TPSA) is 105 Å². The highest BCUT2D eigenvalue weighted by molar-refractivity contribution is 7.98. The van der Waals surface area contributed by atoms with Crippen molar-refractivity contribution in [1.29, 1.82) is 0 Å². The maximum absolute atomic E-state index is 12.3. The molecule has 0 aliphatic heterocycles. The number of thioether (sulfide) groups is 1. The fourth-order valence-corrected chi connectivity index (χ4v) is 3.76. The van der Waals surface area contributed by atoms with E-state index in [0.29, 0.717) is 12.3 Å². The highest BCUT2D eigenvalue weighted by atomic mass is 32.2. The quantitative estimate of drug-likeness (QED) is 0.572. The molecule has 8 nitrogen and oxygen atoms in total. The Bertz CT molecular complexity index is 1090. The van der Waals surface area contributed by atoms with Crippen LogP contribution in [0, 0.1) is 0 Å². The third kappa shape index (κ3) is 5.03. The summed E-state index contributed by atoms with van der Waals surface area (Å²) in [5.41, 5.74) is 1.29. The van der Waals surface area contributed by atoms with Crippen LogP contribution in [0.2, 0.25) is 0 Å². The molecule has 1 N–H and O–H groups in total. The zero-order chi connectivity index (χ0) is 21.0. The number of sulfonamides is 1. The number of benzene rings is 2. The Kier molecular flexibility index (Phi) is 6.36. The van der Waals surface area contributed by atoms with E-state index in [-0.39, 0.29) is 16.5 Å². The van der Waals surface area contributed by atoms with Crippen molar-refractivity contribution >= 4 is 33.7 Å². The van der Waals surface area contributed by atoms with Crippen LogP contribution in [-0.4, -0.2) is 49.2 Å². The first kappa shape index (κ1) is 21.0. The van der Waals surface area contributed by atoms with Gasteiger partial charge in [-0.3, -0.25) is 10.1 Å². The molecule has 0 saturated carbocycles. The number of carbonyl (C=O) groups excluding carboxylic acids is 1. The van der Waals surface area contributed by atoms with Gasteiger partial charge in [0.1, 0.15) is 0 Å². The molecule has 0 unspecified atom stereocenters. The number of nitrogens with zero attached hydrogens (tertiary/aromatic N) is 3. The zero-order valence-electron chi connectivity index (χ0n) is 16.1. The second kappa shape index (κ2) is 8.76. The minimum absolute atomic E-state index is 0.0178. The normalized spacial score (nSPS) is 11.6. The van der Waals surface area contributed by atoms with E-state index in [4.69, 9.17) is 4.42 Å². The molecule has 10 heteroatoms. The lowest BCUT2D eigenvalue weighted by atomic mass is 10.1. The van der Waals surface area contributed by atoms with Crippen molar-refractivity contribution in [2.45, 2.75) is 16.2 Å². The largest absolute Gasteiger partial charge is 0.407 e. The summed E-state index contributed by atoms with van der Waals surface area (Å²) in [6.07, 6.45) is 2.46. The molecule has 3 rings (SSSR count). The maximum Gasteiger partial charge on any atom is 0.322 e. The molecule has 152 valence electrons. The van der Waals surface area contributed by atoms with Crippen LogP contribution in [0.15, 0.2) is 62.7 Å². The van der Waals surface area contributed by atoms with Gasteiger partial charge in [-0.25, -0.2) is 12.7 Å². The molecule has 1 amide bonds. The molecule has 0 aliphatic carbocycles. The van der Waals surface area contributed by atoms with Crippen molar-refractivity contribution in [3.05, 3.63) is 65.5 Å². The Morgan fingerprint density at radius 3 is 2.31 bits per heavy atom. The van der Waals surface area contributed by atoms with Crippen molar-refractivity contribution in [1.82, 2.24) is 14.5 Å². The van der Waals surface area contributed by atoms with E-state index in [2.05, 4.69) is 15.5 Å². The first-order valence-electron chi connectivity index (χ1n) is 8.59. The zero-order valence-corrected chi connectivity index (χ0v) is 17.8. The summed E-state index contributed by atoms with van der Waals surface area (Å²) >= 11 is 1.66. The van der Waals surface area contributed by atoms with Crippen molar-refractivity contribution in [2.24, 2.45) is 0 Å². The van der Waals surface area contributed by atoms with Crippen molar-refractivity contribution in [3.8, 4) is 0 Å². The van der Waals surface area contributed by atoms with Crippen LogP contribution < -0.4 is 5.32 Å². The molecule has 0 aliphatic rings. The van der Waals surface area contributed by atoms with Crippen LogP contribution in [-0.2, 0) is 16.4 Å². The van der Waals surface area contributed by atoms with E-state index < -0.39 is 15.9 Å². The third-order valence-corrected chi connectivity index (χ3v) is 6.67. The van der Waals surface area contributed by atoms with Crippen LogP contribution in [0.1, 0.15) is 21.8 Å². The first-order chi connectivity index (χ1) is 13.8. The van der Waals surface area contributed by atoms with Gasteiger partial charge in [-0.1, -0.05) is 17.2 Å². The second-order valence-corrected chi connectivity index (χ2v) is 9.32. The number of hydrogen-bond acceptors (Lipinski definition) is 7. The Labute approximate surface area is 173 Å². The van der Waals surface area contributed by atoms with E-state index in [1.165, 1.54) is 38.4 Å². The van der Waals surface area contributed by atoms with Crippen molar-refractivity contribution in [2.75, 3.05) is 25.7 Å². The number of nitrogens with one attached hydrogen (secondary N) is 1. The number of anilines is 1. The van der Waals surface area contributed by atoms with E-state index in [1.807, 2.05) is 30.5 Å². The number of aromatic nitrogens is 2. The van der Waals surface area contributed by atoms with Gasteiger partial charge in [-0.2, -0.15) is 0 Å². The first-order valence-corrected chi connectivity index (χ1v) is 11.3. The van der Waals surface area contributed by atoms with Crippen LogP contribution in [0.3, 0.4) is 0 Å². The van der Waals surface area contributed by atoms with Gasteiger partial charge in [0, 0.05) is 24.6 Å².